The molecule has 1 fully saturated rings. The normalized spacial score (nSPS) is 13.6. The second kappa shape index (κ2) is 14.3. The Labute approximate surface area is 258 Å². The van der Waals surface area contributed by atoms with E-state index < -0.39 is 16.1 Å². The monoisotopic (exact) mass is 612 g/mol. The summed E-state index contributed by atoms with van der Waals surface area (Å²) < 4.78 is 33.1. The number of benzene rings is 3. The molecule has 2 N–H and O–H groups in total. The highest BCUT2D eigenvalue weighted by molar-refractivity contribution is 7.89. The molecule has 2 amide bonds. The van der Waals surface area contributed by atoms with Gasteiger partial charge in [0.25, 0.3) is 0 Å². The van der Waals surface area contributed by atoms with E-state index in [0.29, 0.717) is 17.7 Å². The molecule has 3 aromatic carbocycles. The zero-order valence-electron chi connectivity index (χ0n) is 24.6. The highest BCUT2D eigenvalue weighted by Crippen LogP contribution is 2.27. The van der Waals surface area contributed by atoms with Gasteiger partial charge in [-0.1, -0.05) is 60.7 Å². The number of rotatable bonds is 14. The van der Waals surface area contributed by atoms with Crippen molar-refractivity contribution in [1.82, 2.24) is 19.9 Å². The van der Waals surface area contributed by atoms with Crippen LogP contribution in [0.2, 0.25) is 0 Å². The number of carbonyl (C=O) groups is 2. The molecule has 1 aromatic heterocycles. The summed E-state index contributed by atoms with van der Waals surface area (Å²) >= 11 is 0. The molecule has 1 heterocycles. The molecule has 1 aliphatic carbocycles. The minimum Gasteiger partial charge on any atom is -0.497 e. The molecule has 10 heteroatoms. The van der Waals surface area contributed by atoms with E-state index in [1.807, 2.05) is 60.7 Å². The van der Waals surface area contributed by atoms with Gasteiger partial charge in [0.2, 0.25) is 21.8 Å². The van der Waals surface area contributed by atoms with E-state index in [0.717, 1.165) is 29.5 Å². The number of amides is 2. The summed E-state index contributed by atoms with van der Waals surface area (Å²) in [7, 11) is -1.97. The van der Waals surface area contributed by atoms with Crippen molar-refractivity contribution in [2.24, 2.45) is 0 Å². The summed E-state index contributed by atoms with van der Waals surface area (Å²) in [5.41, 5.74) is 3.21. The molecular formula is C34H36N4O5S. The fourth-order valence-electron chi connectivity index (χ4n) is 4.87. The minimum absolute atomic E-state index is 0.0214. The predicted molar refractivity (Wildman–Crippen MR) is 167 cm³/mol. The quantitative estimate of drug-likeness (QED) is 0.216. The van der Waals surface area contributed by atoms with Crippen LogP contribution in [0.1, 0.15) is 47.6 Å². The van der Waals surface area contributed by atoms with Crippen molar-refractivity contribution in [3.8, 4) is 5.75 Å². The molecule has 0 aliphatic heterocycles. The Morgan fingerprint density at radius 2 is 1.61 bits per heavy atom. The molecule has 0 spiro atoms. The number of aromatic nitrogens is 1. The average Bonchev–Trinajstić information content (AvgIpc) is 3.87. The zero-order valence-corrected chi connectivity index (χ0v) is 25.4. The number of methoxy groups -OCH3 is 1. The summed E-state index contributed by atoms with van der Waals surface area (Å²) in [5.74, 6) is 0.177. The van der Waals surface area contributed by atoms with Gasteiger partial charge in [-0.15, -0.1) is 0 Å². The summed E-state index contributed by atoms with van der Waals surface area (Å²) in [6.45, 7) is 0.470. The van der Waals surface area contributed by atoms with Gasteiger partial charge in [0, 0.05) is 37.9 Å². The van der Waals surface area contributed by atoms with Gasteiger partial charge in [-0.05, 0) is 71.8 Å². The van der Waals surface area contributed by atoms with Gasteiger partial charge in [0.05, 0.1) is 12.0 Å². The fraction of sp³-hybridized carbons (Fsp3) is 0.265. The van der Waals surface area contributed by atoms with Crippen molar-refractivity contribution in [2.45, 2.75) is 55.8 Å². The van der Waals surface area contributed by atoms with Gasteiger partial charge in [-0.25, -0.2) is 13.1 Å². The van der Waals surface area contributed by atoms with Crippen molar-refractivity contribution < 1.29 is 22.7 Å². The largest absolute Gasteiger partial charge is 0.497 e. The lowest BCUT2D eigenvalue weighted by Crippen LogP contribution is -2.43. The first kappa shape index (κ1) is 30.9. The third-order valence-electron chi connectivity index (χ3n) is 7.46. The maximum absolute atomic E-state index is 14.0. The van der Waals surface area contributed by atoms with E-state index in [4.69, 9.17) is 4.74 Å². The molecule has 5 rings (SSSR count). The predicted octanol–water partition coefficient (Wildman–Crippen LogP) is 4.55. The topological polar surface area (TPSA) is 118 Å². The van der Waals surface area contributed by atoms with Gasteiger partial charge >= 0.3 is 0 Å². The number of pyridine rings is 1. The highest BCUT2D eigenvalue weighted by Gasteiger charge is 2.32. The van der Waals surface area contributed by atoms with Gasteiger partial charge in [-0.3, -0.25) is 14.6 Å². The standard InChI is InChI=1S/C34H36N4O5S/c1-43-30-16-9-26(10-17-30)24-38(32(39)20-13-25-11-18-31(19-12-25)44(41,42)37-29-14-15-29)33(28-7-3-2-4-8-28)34(40)36-23-27-6-5-21-35-22-27/h2-12,16-19,21-22,29,33,37H,13-15,20,23-24H2,1H3,(H,36,40)/t33-/m0/s1. The van der Waals surface area contributed by atoms with Gasteiger partial charge in [-0.2, -0.15) is 0 Å². The van der Waals surface area contributed by atoms with Crippen LogP contribution >= 0.6 is 0 Å². The fourth-order valence-corrected chi connectivity index (χ4v) is 6.17. The van der Waals surface area contributed by atoms with Crippen molar-refractivity contribution in [2.75, 3.05) is 7.11 Å². The maximum atomic E-state index is 14.0. The second-order valence-electron chi connectivity index (χ2n) is 10.8. The van der Waals surface area contributed by atoms with Crippen LogP contribution in [0.4, 0.5) is 0 Å². The van der Waals surface area contributed by atoms with Gasteiger partial charge in [0.15, 0.2) is 0 Å². The van der Waals surface area contributed by atoms with Crippen LogP contribution in [-0.2, 0) is 39.1 Å². The number of nitrogens with one attached hydrogen (secondary N) is 2. The zero-order chi connectivity index (χ0) is 30.9. The number of carbonyl (C=O) groups excluding carboxylic acids is 2. The number of hydrogen-bond donors (Lipinski definition) is 2. The minimum atomic E-state index is -3.56. The number of sulfonamides is 1. The van der Waals surface area contributed by atoms with E-state index in [9.17, 15) is 18.0 Å². The Balaban J connectivity index is 1.37. The SMILES string of the molecule is COc1ccc(CN(C(=O)CCc2ccc(S(=O)(=O)NC3CC3)cc2)[C@H](C(=O)NCc2cccnc2)c2ccccc2)cc1. The van der Waals surface area contributed by atoms with Crippen LogP contribution in [0.15, 0.2) is 108 Å². The van der Waals surface area contributed by atoms with Crippen LogP contribution in [0.3, 0.4) is 0 Å². The molecule has 4 aromatic rings. The average molecular weight is 613 g/mol. The van der Waals surface area contributed by atoms with E-state index in [-0.39, 0.29) is 42.3 Å². The lowest BCUT2D eigenvalue weighted by Gasteiger charge is -2.32. The third kappa shape index (κ3) is 8.30. The summed E-state index contributed by atoms with van der Waals surface area (Å²) in [4.78, 5) is 33.8. The number of hydrogen-bond acceptors (Lipinski definition) is 6. The first-order valence-electron chi connectivity index (χ1n) is 14.6. The number of nitrogens with zero attached hydrogens (tertiary/aromatic N) is 2. The van der Waals surface area contributed by atoms with E-state index in [2.05, 4.69) is 15.0 Å². The third-order valence-corrected chi connectivity index (χ3v) is 8.99. The molecule has 44 heavy (non-hydrogen) atoms. The molecule has 0 saturated heterocycles. The van der Waals surface area contributed by atoms with E-state index in [1.54, 1.807) is 54.7 Å². The van der Waals surface area contributed by atoms with Crippen molar-refractivity contribution >= 4 is 21.8 Å². The Kier molecular flexibility index (Phi) is 10.0. The van der Waals surface area contributed by atoms with Gasteiger partial charge in [0.1, 0.15) is 11.8 Å². The van der Waals surface area contributed by atoms with Crippen LogP contribution < -0.4 is 14.8 Å². The van der Waals surface area contributed by atoms with E-state index in [1.165, 1.54) is 0 Å². The molecular weight excluding hydrogens is 576 g/mol. The first-order chi connectivity index (χ1) is 21.3. The van der Waals surface area contributed by atoms with Crippen molar-refractivity contribution in [1.29, 1.82) is 0 Å². The lowest BCUT2D eigenvalue weighted by molar-refractivity contribution is -0.141. The Bertz CT molecular complexity index is 1640. The first-order valence-corrected chi connectivity index (χ1v) is 16.1. The Morgan fingerprint density at radius 1 is 0.909 bits per heavy atom. The van der Waals surface area contributed by atoms with E-state index >= 15 is 0 Å². The molecule has 1 aliphatic rings. The van der Waals surface area contributed by atoms with Crippen LogP contribution in [0.25, 0.3) is 0 Å². The van der Waals surface area contributed by atoms with Crippen molar-refractivity contribution in [3.63, 3.8) is 0 Å². The highest BCUT2D eigenvalue weighted by atomic mass is 32.2. The number of ether oxygens (including phenoxy) is 1. The second-order valence-corrected chi connectivity index (χ2v) is 12.5. The lowest BCUT2D eigenvalue weighted by atomic mass is 10.0. The molecule has 0 radical (unpaired) electrons. The molecule has 0 unspecified atom stereocenters. The van der Waals surface area contributed by atoms with Gasteiger partial charge < -0.3 is 15.0 Å². The summed E-state index contributed by atoms with van der Waals surface area (Å²) in [5, 5.41) is 2.99. The smallest absolute Gasteiger partial charge is 0.247 e. The molecule has 228 valence electrons. The molecule has 0 bridgehead atoms. The summed E-state index contributed by atoms with van der Waals surface area (Å²) in [6.07, 6.45) is 5.59. The van der Waals surface area contributed by atoms with Crippen LogP contribution in [0.5, 0.6) is 5.75 Å². The molecule has 1 atom stereocenters. The number of aryl methyl sites for hydroxylation is 1. The maximum Gasteiger partial charge on any atom is 0.247 e. The summed E-state index contributed by atoms with van der Waals surface area (Å²) in [6, 6.07) is 26.1. The van der Waals surface area contributed by atoms with Crippen molar-refractivity contribution in [3.05, 3.63) is 126 Å². The van der Waals surface area contributed by atoms with Crippen LogP contribution in [0, 0.1) is 0 Å². The molecule has 1 saturated carbocycles. The Hall–Kier alpha value is -4.54. The Morgan fingerprint density at radius 3 is 2.25 bits per heavy atom. The molecule has 9 nitrogen and oxygen atoms in total. The van der Waals surface area contributed by atoms with Crippen LogP contribution in [-0.4, -0.2) is 43.3 Å².